The van der Waals surface area contributed by atoms with Crippen LogP contribution in [0.5, 0.6) is 0 Å². The SMILES string of the molecule is CCOC(=O)[C@@H]1C[C@@]2(c3ccccc3)C(=O)[C@@]1(c1ccccc1)C(c1ccccc1)=C2c1ccccc1. The van der Waals surface area contributed by atoms with E-state index in [-0.39, 0.29) is 18.4 Å². The van der Waals surface area contributed by atoms with Gasteiger partial charge in [0.25, 0.3) is 0 Å². The Hall–Kier alpha value is -4.24. The van der Waals surface area contributed by atoms with Crippen LogP contribution in [0.3, 0.4) is 0 Å². The van der Waals surface area contributed by atoms with Crippen LogP contribution in [0.15, 0.2) is 121 Å². The zero-order valence-electron chi connectivity index (χ0n) is 20.8. The summed E-state index contributed by atoms with van der Waals surface area (Å²) in [6.45, 7) is 2.08. The van der Waals surface area contributed by atoms with Crippen molar-refractivity contribution >= 4 is 22.9 Å². The van der Waals surface area contributed by atoms with E-state index in [0.29, 0.717) is 6.42 Å². The molecule has 3 atom stereocenters. The molecule has 4 aromatic carbocycles. The Labute approximate surface area is 217 Å². The molecule has 3 heteroatoms. The number of rotatable bonds is 6. The van der Waals surface area contributed by atoms with Crippen LogP contribution in [0.4, 0.5) is 0 Å². The molecule has 0 saturated heterocycles. The van der Waals surface area contributed by atoms with Crippen LogP contribution in [0, 0.1) is 5.92 Å². The highest BCUT2D eigenvalue weighted by Crippen LogP contribution is 2.70. The molecule has 0 unspecified atom stereocenters. The van der Waals surface area contributed by atoms with Gasteiger partial charge < -0.3 is 4.74 Å². The summed E-state index contributed by atoms with van der Waals surface area (Å²) < 4.78 is 5.67. The molecule has 3 nitrogen and oxygen atoms in total. The number of hydrogen-bond donors (Lipinski definition) is 0. The van der Waals surface area contributed by atoms with Gasteiger partial charge in [0.1, 0.15) is 0 Å². The molecule has 182 valence electrons. The first-order chi connectivity index (χ1) is 18.2. The summed E-state index contributed by atoms with van der Waals surface area (Å²) in [6.07, 6.45) is 0.365. The average molecular weight is 485 g/mol. The van der Waals surface area contributed by atoms with Crippen LogP contribution in [-0.2, 0) is 25.2 Å². The Morgan fingerprint density at radius 2 is 1.16 bits per heavy atom. The largest absolute Gasteiger partial charge is 0.466 e. The second kappa shape index (κ2) is 9.01. The van der Waals surface area contributed by atoms with Gasteiger partial charge >= 0.3 is 5.97 Å². The number of Topliss-reactive ketones (excluding diaryl/α,β-unsaturated/α-hetero) is 1. The molecule has 6 rings (SSSR count). The lowest BCUT2D eigenvalue weighted by atomic mass is 9.63. The summed E-state index contributed by atoms with van der Waals surface area (Å²) >= 11 is 0. The van der Waals surface area contributed by atoms with E-state index < -0.39 is 16.7 Å². The monoisotopic (exact) mass is 484 g/mol. The maximum Gasteiger partial charge on any atom is 0.310 e. The van der Waals surface area contributed by atoms with E-state index in [4.69, 9.17) is 4.74 Å². The Bertz CT molecular complexity index is 1480. The molecule has 0 aromatic heterocycles. The van der Waals surface area contributed by atoms with Crippen molar-refractivity contribution in [2.75, 3.05) is 6.61 Å². The average Bonchev–Trinajstić information content (AvgIpc) is 3.37. The number of hydrogen-bond acceptors (Lipinski definition) is 3. The van der Waals surface area contributed by atoms with Gasteiger partial charge in [-0.3, -0.25) is 9.59 Å². The molecule has 1 fully saturated rings. The fraction of sp³-hybridized carbons (Fsp3) is 0.176. The predicted molar refractivity (Wildman–Crippen MR) is 146 cm³/mol. The summed E-state index contributed by atoms with van der Waals surface area (Å²) in [5.74, 6) is -0.920. The molecule has 0 aliphatic heterocycles. The number of fused-ring (bicyclic) bond motifs is 2. The second-order valence-corrected chi connectivity index (χ2v) is 9.77. The Morgan fingerprint density at radius 1 is 0.703 bits per heavy atom. The third kappa shape index (κ3) is 3.20. The summed E-state index contributed by atoms with van der Waals surface area (Å²) in [7, 11) is 0. The van der Waals surface area contributed by atoms with Crippen molar-refractivity contribution in [1.29, 1.82) is 0 Å². The van der Waals surface area contributed by atoms with E-state index in [2.05, 4.69) is 24.3 Å². The van der Waals surface area contributed by atoms with Gasteiger partial charge in [-0.2, -0.15) is 0 Å². The smallest absolute Gasteiger partial charge is 0.310 e. The van der Waals surface area contributed by atoms with Crippen molar-refractivity contribution < 1.29 is 14.3 Å². The maximum absolute atomic E-state index is 15.2. The molecule has 0 heterocycles. The number of allylic oxidation sites excluding steroid dienone is 2. The van der Waals surface area contributed by atoms with Crippen LogP contribution in [0.2, 0.25) is 0 Å². The first-order valence-corrected chi connectivity index (χ1v) is 12.8. The van der Waals surface area contributed by atoms with Gasteiger partial charge in [0.2, 0.25) is 0 Å². The van der Waals surface area contributed by atoms with Gasteiger partial charge in [-0.05, 0) is 46.7 Å². The van der Waals surface area contributed by atoms with E-state index in [1.807, 2.05) is 104 Å². The fourth-order valence-corrected chi connectivity index (χ4v) is 6.73. The zero-order chi connectivity index (χ0) is 25.5. The predicted octanol–water partition coefficient (Wildman–Crippen LogP) is 6.64. The maximum atomic E-state index is 15.2. The fourth-order valence-electron chi connectivity index (χ4n) is 6.73. The zero-order valence-corrected chi connectivity index (χ0v) is 20.8. The molecule has 0 N–H and O–H groups in total. The molecule has 1 saturated carbocycles. The van der Waals surface area contributed by atoms with E-state index >= 15 is 4.79 Å². The first kappa shape index (κ1) is 23.2. The highest BCUT2D eigenvalue weighted by Gasteiger charge is 2.74. The lowest BCUT2D eigenvalue weighted by Gasteiger charge is -2.38. The van der Waals surface area contributed by atoms with Crippen molar-refractivity contribution in [2.24, 2.45) is 5.92 Å². The van der Waals surface area contributed by atoms with E-state index in [1.54, 1.807) is 0 Å². The summed E-state index contributed by atoms with van der Waals surface area (Å²) in [4.78, 5) is 29.0. The van der Waals surface area contributed by atoms with Gasteiger partial charge in [-0.1, -0.05) is 121 Å². The number of ether oxygens (including phenoxy) is 1. The lowest BCUT2D eigenvalue weighted by molar-refractivity contribution is -0.150. The molecule has 2 aliphatic carbocycles. The quantitative estimate of drug-likeness (QED) is 0.288. The van der Waals surface area contributed by atoms with E-state index in [0.717, 1.165) is 33.4 Å². The Balaban J connectivity index is 1.81. The normalized spacial score (nSPS) is 24.4. The van der Waals surface area contributed by atoms with Crippen LogP contribution in [-0.4, -0.2) is 18.4 Å². The number of carbonyl (C=O) groups is 2. The van der Waals surface area contributed by atoms with Crippen molar-refractivity contribution in [2.45, 2.75) is 24.2 Å². The number of carbonyl (C=O) groups excluding carboxylic acids is 2. The molecule has 0 spiro atoms. The highest BCUT2D eigenvalue weighted by atomic mass is 16.5. The van der Waals surface area contributed by atoms with Gasteiger partial charge in [-0.15, -0.1) is 0 Å². The van der Waals surface area contributed by atoms with E-state index in [1.165, 1.54) is 0 Å². The van der Waals surface area contributed by atoms with Crippen LogP contribution < -0.4 is 0 Å². The topological polar surface area (TPSA) is 43.4 Å². The molecule has 2 aliphatic rings. The van der Waals surface area contributed by atoms with Gasteiger partial charge in [-0.25, -0.2) is 0 Å². The third-order valence-corrected chi connectivity index (χ3v) is 8.04. The molecule has 0 radical (unpaired) electrons. The second-order valence-electron chi connectivity index (χ2n) is 9.77. The minimum atomic E-state index is -1.17. The highest BCUT2D eigenvalue weighted by molar-refractivity contribution is 6.30. The van der Waals surface area contributed by atoms with Crippen molar-refractivity contribution in [3.8, 4) is 0 Å². The summed E-state index contributed by atoms with van der Waals surface area (Å²) in [6, 6.07) is 40.0. The van der Waals surface area contributed by atoms with Gasteiger partial charge in [0.05, 0.1) is 23.4 Å². The van der Waals surface area contributed by atoms with Crippen molar-refractivity contribution in [3.05, 3.63) is 144 Å². The minimum Gasteiger partial charge on any atom is -0.466 e. The number of ketones is 1. The standard InChI is InChI=1S/C34H28O3/c1-2-37-31(35)28-23-33(26-19-11-5-12-20-26)29(24-15-7-3-8-16-24)30(25-17-9-4-10-18-25)34(28,32(33)36)27-21-13-6-14-22-27/h3-22,28H,2,23H2,1H3/t28-,33-,34+/m0/s1. The third-order valence-electron chi connectivity index (χ3n) is 8.04. The summed E-state index contributed by atoms with van der Waals surface area (Å²) in [5, 5.41) is 0. The minimum absolute atomic E-state index is 0.0492. The molecule has 37 heavy (non-hydrogen) atoms. The number of benzene rings is 4. The lowest BCUT2D eigenvalue weighted by Crippen LogP contribution is -2.42. The van der Waals surface area contributed by atoms with Gasteiger partial charge in [0.15, 0.2) is 5.78 Å². The van der Waals surface area contributed by atoms with Crippen LogP contribution >= 0.6 is 0 Å². The van der Waals surface area contributed by atoms with Crippen molar-refractivity contribution in [1.82, 2.24) is 0 Å². The van der Waals surface area contributed by atoms with E-state index in [9.17, 15) is 4.79 Å². The van der Waals surface area contributed by atoms with Crippen LogP contribution in [0.1, 0.15) is 35.6 Å². The Morgan fingerprint density at radius 3 is 1.68 bits per heavy atom. The summed E-state index contributed by atoms with van der Waals surface area (Å²) in [5.41, 5.74) is 3.43. The first-order valence-electron chi connectivity index (χ1n) is 12.8. The molecule has 4 aromatic rings. The molecular formula is C34H28O3. The van der Waals surface area contributed by atoms with Gasteiger partial charge in [0, 0.05) is 0 Å². The van der Waals surface area contributed by atoms with Crippen LogP contribution in [0.25, 0.3) is 11.1 Å². The molecule has 0 amide bonds. The molecular weight excluding hydrogens is 456 g/mol. The van der Waals surface area contributed by atoms with Crippen molar-refractivity contribution in [3.63, 3.8) is 0 Å². The Kier molecular flexibility index (Phi) is 5.64. The molecule has 2 bridgehead atoms. The number of esters is 1.